The van der Waals surface area contributed by atoms with E-state index in [0.29, 0.717) is 12.1 Å². The van der Waals surface area contributed by atoms with E-state index in [1.165, 1.54) is 12.3 Å². The largest absolute Gasteiger partial charge is 0.506 e. The Balaban J connectivity index is 3.01. The molecule has 0 spiro atoms. The van der Waals surface area contributed by atoms with E-state index in [2.05, 4.69) is 20.6 Å². The van der Waals surface area contributed by atoms with Gasteiger partial charge in [0.15, 0.2) is 6.23 Å². The van der Waals surface area contributed by atoms with E-state index in [1.807, 2.05) is 13.8 Å². The van der Waals surface area contributed by atoms with E-state index in [-0.39, 0.29) is 29.2 Å². The molecule has 1 amide bonds. The van der Waals surface area contributed by atoms with Crippen LogP contribution < -0.4 is 10.6 Å². The number of nitrogens with one attached hydrogen (secondary N) is 2. The van der Waals surface area contributed by atoms with Gasteiger partial charge in [0.25, 0.3) is 0 Å². The number of amides is 1. The third-order valence-electron chi connectivity index (χ3n) is 5.28. The Morgan fingerprint density at radius 1 is 1.23 bits per heavy atom. The molecule has 1 aromatic heterocycles. The Morgan fingerprint density at radius 3 is 2.39 bits per heavy atom. The zero-order valence-corrected chi connectivity index (χ0v) is 19.4. The number of aliphatic imine (C=N–C) groups is 1. The van der Waals surface area contributed by atoms with Crippen molar-refractivity contribution in [2.24, 2.45) is 16.8 Å². The average molecular weight is 437 g/mol. The molecule has 31 heavy (non-hydrogen) atoms. The maximum atomic E-state index is 12.9. The van der Waals surface area contributed by atoms with Crippen LogP contribution in [0.2, 0.25) is 0 Å². The summed E-state index contributed by atoms with van der Waals surface area (Å²) in [4.78, 5) is 33.2. The standard InChI is InChI=1S/C22H36N4O5/c1-8-13(4)17(25-20(28)12(2)3)22(30)31-15(6)18(14(5)23-7)26-21(29)19-16(27)10-9-11-24-19/h9-13,15,17-18,21,26-27,29H,8H2,1-7H3,(H,25,28). The molecular weight excluding hydrogens is 400 g/mol. The molecule has 174 valence electrons. The lowest BCUT2D eigenvalue weighted by Crippen LogP contribution is -2.52. The average Bonchev–Trinajstić information content (AvgIpc) is 2.74. The van der Waals surface area contributed by atoms with Crippen LogP contribution in [0.25, 0.3) is 0 Å². The Morgan fingerprint density at radius 2 is 1.87 bits per heavy atom. The molecule has 0 bridgehead atoms. The van der Waals surface area contributed by atoms with E-state index < -0.39 is 30.4 Å². The van der Waals surface area contributed by atoms with Crippen LogP contribution in [0.5, 0.6) is 5.75 Å². The Labute approximate surface area is 184 Å². The minimum Gasteiger partial charge on any atom is -0.506 e. The second kappa shape index (κ2) is 12.4. The fourth-order valence-corrected chi connectivity index (χ4v) is 2.92. The fourth-order valence-electron chi connectivity index (χ4n) is 2.92. The van der Waals surface area contributed by atoms with Gasteiger partial charge in [-0.05, 0) is 31.9 Å². The van der Waals surface area contributed by atoms with Gasteiger partial charge < -0.3 is 20.3 Å². The summed E-state index contributed by atoms with van der Waals surface area (Å²) in [7, 11) is 1.59. The lowest BCUT2D eigenvalue weighted by atomic mass is 9.98. The summed E-state index contributed by atoms with van der Waals surface area (Å²) in [5.41, 5.74) is 0.637. The number of aliphatic hydroxyl groups excluding tert-OH is 1. The summed E-state index contributed by atoms with van der Waals surface area (Å²) in [5.74, 6) is -1.32. The summed E-state index contributed by atoms with van der Waals surface area (Å²) in [6.45, 7) is 10.7. The lowest BCUT2D eigenvalue weighted by Gasteiger charge is -2.30. The van der Waals surface area contributed by atoms with Crippen LogP contribution in [0.15, 0.2) is 23.3 Å². The molecule has 0 saturated heterocycles. The van der Waals surface area contributed by atoms with Gasteiger partial charge in [-0.1, -0.05) is 34.1 Å². The van der Waals surface area contributed by atoms with Crippen LogP contribution in [-0.2, 0) is 14.3 Å². The minimum atomic E-state index is -1.31. The van der Waals surface area contributed by atoms with E-state index >= 15 is 0 Å². The van der Waals surface area contributed by atoms with Crippen LogP contribution in [-0.4, -0.2) is 58.0 Å². The fraction of sp³-hybridized carbons (Fsp3) is 0.636. The Hall–Kier alpha value is -2.52. The third-order valence-corrected chi connectivity index (χ3v) is 5.28. The van der Waals surface area contributed by atoms with Crippen LogP contribution in [0.1, 0.15) is 59.9 Å². The third kappa shape index (κ3) is 7.59. The molecule has 5 unspecified atom stereocenters. The molecule has 4 N–H and O–H groups in total. The molecule has 0 fully saturated rings. The van der Waals surface area contributed by atoms with Crippen molar-refractivity contribution in [1.82, 2.24) is 15.6 Å². The van der Waals surface area contributed by atoms with Crippen molar-refractivity contribution >= 4 is 17.6 Å². The molecule has 9 nitrogen and oxygen atoms in total. The second-order valence-corrected chi connectivity index (χ2v) is 7.99. The second-order valence-electron chi connectivity index (χ2n) is 7.99. The number of aliphatic hydroxyl groups is 1. The SMILES string of the molecule is CCC(C)C(NC(=O)C(C)C)C(=O)OC(C)C(NC(O)c1ncccc1O)C(C)=NC. The van der Waals surface area contributed by atoms with Crippen LogP contribution >= 0.6 is 0 Å². The minimum absolute atomic E-state index is 0.0524. The molecule has 0 aliphatic rings. The van der Waals surface area contributed by atoms with Crippen molar-refractivity contribution < 1.29 is 24.5 Å². The number of aromatic hydroxyl groups is 1. The van der Waals surface area contributed by atoms with E-state index in [9.17, 15) is 19.8 Å². The maximum Gasteiger partial charge on any atom is 0.329 e. The van der Waals surface area contributed by atoms with Crippen LogP contribution in [0, 0.1) is 11.8 Å². The molecule has 0 aromatic carbocycles. The first-order chi connectivity index (χ1) is 14.5. The van der Waals surface area contributed by atoms with Gasteiger partial charge in [0, 0.05) is 24.9 Å². The topological polar surface area (TPSA) is 133 Å². The van der Waals surface area contributed by atoms with E-state index in [4.69, 9.17) is 4.74 Å². The number of nitrogens with zero attached hydrogens (tertiary/aromatic N) is 2. The van der Waals surface area contributed by atoms with Gasteiger partial charge >= 0.3 is 5.97 Å². The molecule has 0 aliphatic carbocycles. The van der Waals surface area contributed by atoms with Crippen molar-refractivity contribution in [2.75, 3.05) is 7.05 Å². The molecule has 1 heterocycles. The number of carbonyl (C=O) groups excluding carboxylic acids is 2. The number of aromatic nitrogens is 1. The van der Waals surface area contributed by atoms with Gasteiger partial charge in [0.05, 0.1) is 6.04 Å². The molecular formula is C22H36N4O5. The number of rotatable bonds is 11. The van der Waals surface area contributed by atoms with Crippen molar-refractivity contribution in [3.8, 4) is 5.75 Å². The van der Waals surface area contributed by atoms with Gasteiger partial charge in [-0.15, -0.1) is 0 Å². The highest BCUT2D eigenvalue weighted by molar-refractivity contribution is 5.89. The number of carbonyl (C=O) groups is 2. The first-order valence-corrected chi connectivity index (χ1v) is 10.5. The first kappa shape index (κ1) is 26.5. The number of esters is 1. The highest BCUT2D eigenvalue weighted by Crippen LogP contribution is 2.21. The van der Waals surface area contributed by atoms with Crippen LogP contribution in [0.3, 0.4) is 0 Å². The van der Waals surface area contributed by atoms with Crippen molar-refractivity contribution in [3.05, 3.63) is 24.0 Å². The quantitative estimate of drug-likeness (QED) is 0.237. The van der Waals surface area contributed by atoms with Crippen molar-refractivity contribution in [2.45, 2.75) is 72.4 Å². The van der Waals surface area contributed by atoms with Crippen molar-refractivity contribution in [3.63, 3.8) is 0 Å². The van der Waals surface area contributed by atoms with Gasteiger partial charge in [-0.3, -0.25) is 20.1 Å². The zero-order chi connectivity index (χ0) is 23.7. The molecule has 0 saturated carbocycles. The summed E-state index contributed by atoms with van der Waals surface area (Å²) >= 11 is 0. The predicted molar refractivity (Wildman–Crippen MR) is 119 cm³/mol. The first-order valence-electron chi connectivity index (χ1n) is 10.5. The molecule has 9 heteroatoms. The van der Waals surface area contributed by atoms with Gasteiger partial charge in [-0.25, -0.2) is 4.79 Å². The number of hydrogen-bond acceptors (Lipinski definition) is 8. The highest BCUT2D eigenvalue weighted by atomic mass is 16.5. The molecule has 0 radical (unpaired) electrons. The lowest BCUT2D eigenvalue weighted by molar-refractivity contribution is -0.155. The van der Waals surface area contributed by atoms with E-state index in [1.54, 1.807) is 40.8 Å². The van der Waals surface area contributed by atoms with Gasteiger partial charge in [-0.2, -0.15) is 0 Å². The molecule has 0 aliphatic heterocycles. The molecule has 1 aromatic rings. The number of ether oxygens (including phenoxy) is 1. The highest BCUT2D eigenvalue weighted by Gasteiger charge is 2.33. The Bertz CT molecular complexity index is 768. The van der Waals surface area contributed by atoms with Gasteiger partial charge in [0.1, 0.15) is 23.6 Å². The summed E-state index contributed by atoms with van der Waals surface area (Å²) in [5, 5.41) is 26.2. The van der Waals surface area contributed by atoms with Crippen LogP contribution in [0.4, 0.5) is 0 Å². The molecule has 5 atom stereocenters. The summed E-state index contributed by atoms with van der Waals surface area (Å²) in [6.07, 6.45) is 0.100. The van der Waals surface area contributed by atoms with E-state index in [0.717, 1.165) is 0 Å². The molecule has 1 rings (SSSR count). The summed E-state index contributed by atoms with van der Waals surface area (Å²) < 4.78 is 5.68. The Kier molecular flexibility index (Phi) is 10.6. The summed E-state index contributed by atoms with van der Waals surface area (Å²) in [6, 6.07) is 1.53. The normalized spacial score (nSPS) is 16.9. The predicted octanol–water partition coefficient (Wildman–Crippen LogP) is 1.95. The monoisotopic (exact) mass is 436 g/mol. The zero-order valence-electron chi connectivity index (χ0n) is 19.4. The number of hydrogen-bond donors (Lipinski definition) is 4. The smallest absolute Gasteiger partial charge is 0.329 e. The number of pyridine rings is 1. The van der Waals surface area contributed by atoms with Gasteiger partial charge in [0.2, 0.25) is 5.91 Å². The maximum absolute atomic E-state index is 12.9. The van der Waals surface area contributed by atoms with Crippen molar-refractivity contribution in [1.29, 1.82) is 0 Å².